The van der Waals surface area contributed by atoms with Crippen LogP contribution in [-0.2, 0) is 0 Å². The molecule has 0 bridgehead atoms. The van der Waals surface area contributed by atoms with Gasteiger partial charge in [0.25, 0.3) is 0 Å². The maximum absolute atomic E-state index is 6.14. The number of halogens is 1. The van der Waals surface area contributed by atoms with Crippen LogP contribution in [0.2, 0.25) is 5.02 Å². The number of rotatable bonds is 4. The third-order valence-electron chi connectivity index (χ3n) is 4.25. The molecule has 1 aromatic rings. The zero-order chi connectivity index (χ0) is 14.7. The summed E-state index contributed by atoms with van der Waals surface area (Å²) >= 11 is 6.14. The summed E-state index contributed by atoms with van der Waals surface area (Å²) < 4.78 is 10.7. The Balaban J connectivity index is 2.19. The SMILES string of the molecule is COc1cc(NC2CCC(C)CC2C)c(OC)cc1Cl. The number of anilines is 1. The minimum Gasteiger partial charge on any atom is -0.495 e. The average Bonchev–Trinajstić information content (AvgIpc) is 2.43. The summed E-state index contributed by atoms with van der Waals surface area (Å²) in [5.41, 5.74) is 0.958. The van der Waals surface area contributed by atoms with Gasteiger partial charge in [-0.15, -0.1) is 0 Å². The Kier molecular flexibility index (Phi) is 5.03. The standard InChI is InChI=1S/C16H24ClNO2/c1-10-5-6-13(11(2)7-10)18-14-9-15(19-3)12(17)8-16(14)20-4/h8-11,13,18H,5-7H2,1-4H3. The summed E-state index contributed by atoms with van der Waals surface area (Å²) in [7, 11) is 3.29. The Labute approximate surface area is 126 Å². The van der Waals surface area contributed by atoms with E-state index >= 15 is 0 Å². The molecule has 0 spiro atoms. The van der Waals surface area contributed by atoms with E-state index in [9.17, 15) is 0 Å². The summed E-state index contributed by atoms with van der Waals surface area (Å²) in [4.78, 5) is 0. The molecule has 112 valence electrons. The van der Waals surface area contributed by atoms with Gasteiger partial charge in [-0.2, -0.15) is 0 Å². The van der Waals surface area contributed by atoms with Crippen LogP contribution in [0.1, 0.15) is 33.1 Å². The van der Waals surface area contributed by atoms with Crippen LogP contribution in [0.25, 0.3) is 0 Å². The van der Waals surface area contributed by atoms with Gasteiger partial charge < -0.3 is 14.8 Å². The fourth-order valence-corrected chi connectivity index (χ4v) is 3.28. The highest BCUT2D eigenvalue weighted by atomic mass is 35.5. The molecule has 1 saturated carbocycles. The molecule has 0 aromatic heterocycles. The van der Waals surface area contributed by atoms with E-state index in [0.717, 1.165) is 17.4 Å². The number of nitrogens with one attached hydrogen (secondary N) is 1. The van der Waals surface area contributed by atoms with Gasteiger partial charge in [-0.1, -0.05) is 25.4 Å². The van der Waals surface area contributed by atoms with E-state index < -0.39 is 0 Å². The van der Waals surface area contributed by atoms with Gasteiger partial charge in [0.05, 0.1) is 24.9 Å². The topological polar surface area (TPSA) is 30.5 Å². The number of ether oxygens (including phenoxy) is 2. The molecule has 3 atom stereocenters. The summed E-state index contributed by atoms with van der Waals surface area (Å²) in [5.74, 6) is 2.92. The molecule has 1 N–H and O–H groups in total. The van der Waals surface area contributed by atoms with Crippen LogP contribution in [0.3, 0.4) is 0 Å². The molecule has 1 aliphatic carbocycles. The van der Waals surface area contributed by atoms with Crippen molar-refractivity contribution in [2.45, 2.75) is 39.2 Å². The van der Waals surface area contributed by atoms with Crippen LogP contribution < -0.4 is 14.8 Å². The average molecular weight is 298 g/mol. The van der Waals surface area contributed by atoms with Crippen LogP contribution >= 0.6 is 11.6 Å². The molecule has 1 aliphatic rings. The first kappa shape index (κ1) is 15.3. The van der Waals surface area contributed by atoms with Crippen molar-refractivity contribution in [2.24, 2.45) is 11.8 Å². The lowest BCUT2D eigenvalue weighted by molar-refractivity contribution is 0.276. The second-order valence-electron chi connectivity index (χ2n) is 5.83. The van der Waals surface area contributed by atoms with Crippen molar-refractivity contribution in [1.29, 1.82) is 0 Å². The van der Waals surface area contributed by atoms with Crippen molar-refractivity contribution in [1.82, 2.24) is 0 Å². The number of benzene rings is 1. The van der Waals surface area contributed by atoms with Gasteiger partial charge in [0.1, 0.15) is 11.5 Å². The molecule has 1 fully saturated rings. The number of methoxy groups -OCH3 is 2. The Morgan fingerprint density at radius 2 is 1.80 bits per heavy atom. The minimum absolute atomic E-state index is 0.478. The molecule has 4 heteroatoms. The second kappa shape index (κ2) is 6.57. The maximum Gasteiger partial charge on any atom is 0.143 e. The van der Waals surface area contributed by atoms with Crippen molar-refractivity contribution in [3.8, 4) is 11.5 Å². The first-order valence-electron chi connectivity index (χ1n) is 7.23. The molecule has 1 aromatic carbocycles. The lowest BCUT2D eigenvalue weighted by Crippen LogP contribution is -2.33. The van der Waals surface area contributed by atoms with Crippen LogP contribution in [0.4, 0.5) is 5.69 Å². The van der Waals surface area contributed by atoms with Gasteiger partial charge in [0.2, 0.25) is 0 Å². The van der Waals surface area contributed by atoms with Crippen LogP contribution in [-0.4, -0.2) is 20.3 Å². The molecular weight excluding hydrogens is 274 g/mol. The smallest absolute Gasteiger partial charge is 0.143 e. The number of hydrogen-bond acceptors (Lipinski definition) is 3. The van der Waals surface area contributed by atoms with E-state index in [1.807, 2.05) is 6.07 Å². The zero-order valence-corrected chi connectivity index (χ0v) is 13.5. The monoisotopic (exact) mass is 297 g/mol. The van der Waals surface area contributed by atoms with Crippen molar-refractivity contribution in [2.75, 3.05) is 19.5 Å². The molecule has 3 unspecified atom stereocenters. The van der Waals surface area contributed by atoms with Crippen molar-refractivity contribution in [3.05, 3.63) is 17.2 Å². The second-order valence-corrected chi connectivity index (χ2v) is 6.24. The Morgan fingerprint density at radius 3 is 2.40 bits per heavy atom. The van der Waals surface area contributed by atoms with Gasteiger partial charge in [-0.25, -0.2) is 0 Å². The third kappa shape index (κ3) is 3.32. The van der Waals surface area contributed by atoms with Crippen LogP contribution in [0, 0.1) is 11.8 Å². The molecule has 3 nitrogen and oxygen atoms in total. The number of hydrogen-bond donors (Lipinski definition) is 1. The Morgan fingerprint density at radius 1 is 1.10 bits per heavy atom. The largest absolute Gasteiger partial charge is 0.495 e. The fraction of sp³-hybridized carbons (Fsp3) is 0.625. The lowest BCUT2D eigenvalue weighted by atomic mass is 9.80. The van der Waals surface area contributed by atoms with Gasteiger partial charge in [0.15, 0.2) is 0 Å². The first-order valence-corrected chi connectivity index (χ1v) is 7.61. The fourth-order valence-electron chi connectivity index (χ4n) is 3.05. The lowest BCUT2D eigenvalue weighted by Gasteiger charge is -2.34. The summed E-state index contributed by atoms with van der Waals surface area (Å²) in [6.07, 6.45) is 3.73. The summed E-state index contributed by atoms with van der Waals surface area (Å²) in [5, 5.41) is 4.18. The van der Waals surface area contributed by atoms with Gasteiger partial charge in [-0.3, -0.25) is 0 Å². The Bertz CT molecular complexity index is 464. The quantitative estimate of drug-likeness (QED) is 0.881. The van der Waals surface area contributed by atoms with Gasteiger partial charge in [-0.05, 0) is 31.1 Å². The van der Waals surface area contributed by atoms with Crippen LogP contribution in [0.5, 0.6) is 11.5 Å². The molecule has 0 amide bonds. The van der Waals surface area contributed by atoms with Crippen molar-refractivity contribution < 1.29 is 9.47 Å². The first-order chi connectivity index (χ1) is 9.55. The van der Waals surface area contributed by atoms with Crippen molar-refractivity contribution >= 4 is 17.3 Å². The normalized spacial score (nSPS) is 26.1. The molecule has 0 heterocycles. The van der Waals surface area contributed by atoms with Gasteiger partial charge in [0, 0.05) is 18.2 Å². The predicted octanol–water partition coefficient (Wildman–Crippen LogP) is 4.59. The van der Waals surface area contributed by atoms with E-state index in [0.29, 0.717) is 22.7 Å². The van der Waals surface area contributed by atoms with Crippen LogP contribution in [0.15, 0.2) is 12.1 Å². The zero-order valence-electron chi connectivity index (χ0n) is 12.7. The molecular formula is C16H24ClNO2. The molecule has 0 saturated heterocycles. The maximum atomic E-state index is 6.14. The van der Waals surface area contributed by atoms with Gasteiger partial charge >= 0.3 is 0 Å². The third-order valence-corrected chi connectivity index (χ3v) is 4.54. The highest BCUT2D eigenvalue weighted by Crippen LogP contribution is 2.38. The summed E-state index contributed by atoms with van der Waals surface area (Å²) in [6.45, 7) is 4.64. The highest BCUT2D eigenvalue weighted by molar-refractivity contribution is 6.32. The predicted molar refractivity (Wildman–Crippen MR) is 84.1 cm³/mol. The van der Waals surface area contributed by atoms with E-state index in [-0.39, 0.29) is 0 Å². The molecule has 0 aliphatic heterocycles. The van der Waals surface area contributed by atoms with E-state index in [4.69, 9.17) is 21.1 Å². The molecule has 0 radical (unpaired) electrons. The molecule has 20 heavy (non-hydrogen) atoms. The van der Waals surface area contributed by atoms with Crippen molar-refractivity contribution in [3.63, 3.8) is 0 Å². The van der Waals surface area contributed by atoms with E-state index in [1.165, 1.54) is 19.3 Å². The molecule has 2 rings (SSSR count). The minimum atomic E-state index is 0.478. The van der Waals surface area contributed by atoms with E-state index in [2.05, 4.69) is 19.2 Å². The highest BCUT2D eigenvalue weighted by Gasteiger charge is 2.26. The Hall–Kier alpha value is -1.09. The summed E-state index contributed by atoms with van der Waals surface area (Å²) in [6, 6.07) is 4.20. The van der Waals surface area contributed by atoms with E-state index in [1.54, 1.807) is 20.3 Å².